The Hall–Kier alpha value is -3.41. The van der Waals surface area contributed by atoms with Crippen LogP contribution in [-0.4, -0.2) is 23.2 Å². The molecular formula is C20H20N4O2. The second kappa shape index (κ2) is 8.11. The molecule has 3 aromatic rings. The minimum absolute atomic E-state index is 0.259. The van der Waals surface area contributed by atoms with Gasteiger partial charge in [0.1, 0.15) is 11.6 Å². The van der Waals surface area contributed by atoms with Crippen molar-refractivity contribution in [2.75, 3.05) is 17.7 Å². The molecule has 1 heterocycles. The third kappa shape index (κ3) is 4.36. The number of aryl methyl sites for hydroxylation is 1. The van der Waals surface area contributed by atoms with Gasteiger partial charge in [0.25, 0.3) is 5.91 Å². The summed E-state index contributed by atoms with van der Waals surface area (Å²) in [6.45, 7) is 2.52. The van der Waals surface area contributed by atoms with E-state index >= 15 is 0 Å². The van der Waals surface area contributed by atoms with Crippen LogP contribution >= 0.6 is 0 Å². The number of methoxy groups -OCH3 is 1. The molecule has 0 aliphatic heterocycles. The molecule has 0 atom stereocenters. The van der Waals surface area contributed by atoms with E-state index in [0.717, 1.165) is 22.6 Å². The Labute approximate surface area is 152 Å². The van der Waals surface area contributed by atoms with E-state index in [1.54, 1.807) is 19.2 Å². The van der Waals surface area contributed by atoms with Crippen LogP contribution in [0.25, 0.3) is 0 Å². The highest BCUT2D eigenvalue weighted by molar-refractivity contribution is 6.02. The molecule has 6 heteroatoms. The first-order valence-corrected chi connectivity index (χ1v) is 8.23. The minimum atomic E-state index is -0.292. The van der Waals surface area contributed by atoms with Gasteiger partial charge in [0.05, 0.1) is 7.11 Å². The third-order valence-corrected chi connectivity index (χ3v) is 3.83. The minimum Gasteiger partial charge on any atom is -0.496 e. The van der Waals surface area contributed by atoms with Crippen molar-refractivity contribution in [2.45, 2.75) is 13.5 Å². The maximum absolute atomic E-state index is 12.2. The average molecular weight is 348 g/mol. The highest BCUT2D eigenvalue weighted by atomic mass is 16.5. The summed E-state index contributed by atoms with van der Waals surface area (Å²) < 4.78 is 5.32. The number of rotatable bonds is 6. The molecule has 0 bridgehead atoms. The van der Waals surface area contributed by atoms with E-state index < -0.39 is 0 Å². The number of ether oxygens (including phenoxy) is 1. The highest BCUT2D eigenvalue weighted by Crippen LogP contribution is 2.18. The number of nitrogens with zero attached hydrogens (tertiary/aromatic N) is 2. The Morgan fingerprint density at radius 3 is 2.62 bits per heavy atom. The fraction of sp³-hybridized carbons (Fsp3) is 0.150. The Morgan fingerprint density at radius 1 is 1.04 bits per heavy atom. The quantitative estimate of drug-likeness (QED) is 0.711. The Kier molecular flexibility index (Phi) is 5.43. The molecular weight excluding hydrogens is 328 g/mol. The second-order valence-electron chi connectivity index (χ2n) is 5.79. The molecule has 1 aromatic heterocycles. The number of nitrogens with one attached hydrogen (secondary N) is 2. The summed E-state index contributed by atoms with van der Waals surface area (Å²) in [5, 5.41) is 14.0. The zero-order valence-corrected chi connectivity index (χ0v) is 14.7. The maximum atomic E-state index is 12.2. The summed E-state index contributed by atoms with van der Waals surface area (Å²) in [6.07, 6.45) is 0. The van der Waals surface area contributed by atoms with Crippen molar-refractivity contribution < 1.29 is 9.53 Å². The molecule has 6 nitrogen and oxygen atoms in total. The van der Waals surface area contributed by atoms with Crippen molar-refractivity contribution in [1.29, 1.82) is 0 Å². The maximum Gasteiger partial charge on any atom is 0.276 e. The average Bonchev–Trinajstić information content (AvgIpc) is 2.67. The molecule has 26 heavy (non-hydrogen) atoms. The lowest BCUT2D eigenvalue weighted by Crippen LogP contribution is -2.15. The predicted molar refractivity (Wildman–Crippen MR) is 101 cm³/mol. The molecule has 0 radical (unpaired) electrons. The van der Waals surface area contributed by atoms with Crippen LogP contribution in [0.15, 0.2) is 60.7 Å². The smallest absolute Gasteiger partial charge is 0.276 e. The molecule has 0 unspecified atom stereocenters. The van der Waals surface area contributed by atoms with Gasteiger partial charge < -0.3 is 15.4 Å². The number of aromatic nitrogens is 2. The van der Waals surface area contributed by atoms with Crippen molar-refractivity contribution in [3.8, 4) is 5.75 Å². The standard InChI is InChI=1S/C20H20N4O2/c1-14-6-5-8-16(12-14)22-20(25)17-10-11-19(24-23-17)21-13-15-7-3-4-9-18(15)26-2/h3-12H,13H2,1-2H3,(H,21,24)(H,22,25). The SMILES string of the molecule is COc1ccccc1CNc1ccc(C(=O)Nc2cccc(C)c2)nn1. The van der Waals surface area contributed by atoms with E-state index in [-0.39, 0.29) is 11.6 Å². The summed E-state index contributed by atoms with van der Waals surface area (Å²) >= 11 is 0. The van der Waals surface area contributed by atoms with Crippen LogP contribution in [0, 0.1) is 6.92 Å². The van der Waals surface area contributed by atoms with E-state index in [1.165, 1.54) is 0 Å². The van der Waals surface area contributed by atoms with Crippen LogP contribution < -0.4 is 15.4 Å². The van der Waals surface area contributed by atoms with Gasteiger partial charge in [-0.15, -0.1) is 10.2 Å². The predicted octanol–water partition coefficient (Wildman–Crippen LogP) is 3.66. The highest BCUT2D eigenvalue weighted by Gasteiger charge is 2.09. The number of hydrogen-bond acceptors (Lipinski definition) is 5. The molecule has 0 saturated carbocycles. The largest absolute Gasteiger partial charge is 0.496 e. The number of amides is 1. The first-order chi connectivity index (χ1) is 12.7. The van der Waals surface area contributed by atoms with Crippen LogP contribution in [0.3, 0.4) is 0 Å². The van der Waals surface area contributed by atoms with Gasteiger partial charge in [-0.05, 0) is 42.8 Å². The monoisotopic (exact) mass is 348 g/mol. The van der Waals surface area contributed by atoms with E-state index in [1.807, 2.05) is 55.5 Å². The second-order valence-corrected chi connectivity index (χ2v) is 5.79. The normalized spacial score (nSPS) is 10.2. The molecule has 0 aliphatic rings. The molecule has 3 rings (SSSR count). The first-order valence-electron chi connectivity index (χ1n) is 8.23. The van der Waals surface area contributed by atoms with Gasteiger partial charge >= 0.3 is 0 Å². The lowest BCUT2D eigenvalue weighted by molar-refractivity contribution is 0.102. The fourth-order valence-electron chi connectivity index (χ4n) is 2.50. The number of carbonyl (C=O) groups excluding carboxylic acids is 1. The van der Waals surface area contributed by atoms with Gasteiger partial charge in [-0.2, -0.15) is 0 Å². The topological polar surface area (TPSA) is 76.1 Å². The van der Waals surface area contributed by atoms with Crippen LogP contribution in [0.5, 0.6) is 5.75 Å². The summed E-state index contributed by atoms with van der Waals surface area (Å²) in [5.41, 5.74) is 3.08. The van der Waals surface area contributed by atoms with Crippen molar-refractivity contribution >= 4 is 17.4 Å². The van der Waals surface area contributed by atoms with Crippen LogP contribution in [0.1, 0.15) is 21.6 Å². The number of carbonyl (C=O) groups is 1. The van der Waals surface area contributed by atoms with E-state index in [9.17, 15) is 4.79 Å². The summed E-state index contributed by atoms with van der Waals surface area (Å²) in [6, 6.07) is 18.7. The van der Waals surface area contributed by atoms with Gasteiger partial charge in [0.2, 0.25) is 0 Å². The Balaban J connectivity index is 1.62. The third-order valence-electron chi connectivity index (χ3n) is 3.83. The van der Waals surface area contributed by atoms with Crippen molar-refractivity contribution in [1.82, 2.24) is 10.2 Å². The molecule has 0 fully saturated rings. The van der Waals surface area contributed by atoms with E-state index in [4.69, 9.17) is 4.74 Å². The zero-order valence-electron chi connectivity index (χ0n) is 14.7. The number of para-hydroxylation sites is 1. The lowest BCUT2D eigenvalue weighted by Gasteiger charge is -2.10. The van der Waals surface area contributed by atoms with Gasteiger partial charge in [0.15, 0.2) is 5.69 Å². The molecule has 132 valence electrons. The van der Waals surface area contributed by atoms with Gasteiger partial charge in [-0.3, -0.25) is 4.79 Å². The van der Waals surface area contributed by atoms with Crippen molar-refractivity contribution in [3.63, 3.8) is 0 Å². The Bertz CT molecular complexity index is 894. The number of anilines is 2. The van der Waals surface area contributed by atoms with Gasteiger partial charge in [-0.25, -0.2) is 0 Å². The molecule has 1 amide bonds. The molecule has 2 N–H and O–H groups in total. The van der Waals surface area contributed by atoms with Crippen LogP contribution in [0.2, 0.25) is 0 Å². The van der Waals surface area contributed by atoms with E-state index in [2.05, 4.69) is 20.8 Å². The number of hydrogen-bond donors (Lipinski definition) is 2. The lowest BCUT2D eigenvalue weighted by atomic mass is 10.2. The van der Waals surface area contributed by atoms with Crippen LogP contribution in [0.4, 0.5) is 11.5 Å². The summed E-state index contributed by atoms with van der Waals surface area (Å²) in [4.78, 5) is 12.2. The van der Waals surface area contributed by atoms with Gasteiger partial charge in [0, 0.05) is 17.8 Å². The van der Waals surface area contributed by atoms with Crippen molar-refractivity contribution in [2.24, 2.45) is 0 Å². The molecule has 0 saturated heterocycles. The summed E-state index contributed by atoms with van der Waals surface area (Å²) in [5.74, 6) is 1.10. The van der Waals surface area contributed by atoms with E-state index in [0.29, 0.717) is 12.4 Å². The van der Waals surface area contributed by atoms with Gasteiger partial charge in [-0.1, -0.05) is 30.3 Å². The molecule has 2 aromatic carbocycles. The Morgan fingerprint density at radius 2 is 1.88 bits per heavy atom. The number of benzene rings is 2. The molecule has 0 spiro atoms. The molecule has 0 aliphatic carbocycles. The zero-order chi connectivity index (χ0) is 18.4. The van der Waals surface area contributed by atoms with Crippen LogP contribution in [-0.2, 0) is 6.54 Å². The fourth-order valence-corrected chi connectivity index (χ4v) is 2.50. The first kappa shape index (κ1) is 17.4. The summed E-state index contributed by atoms with van der Waals surface area (Å²) in [7, 11) is 1.64. The van der Waals surface area contributed by atoms with Crippen molar-refractivity contribution in [3.05, 3.63) is 77.5 Å².